The fourth-order valence-electron chi connectivity index (χ4n) is 2.23. The lowest BCUT2D eigenvalue weighted by Gasteiger charge is -2.33. The Kier molecular flexibility index (Phi) is 3.60. The third-order valence-electron chi connectivity index (χ3n) is 3.18. The van der Waals surface area contributed by atoms with E-state index in [4.69, 9.17) is 5.73 Å². The summed E-state index contributed by atoms with van der Waals surface area (Å²) in [6.45, 7) is 0.518. The van der Waals surface area contributed by atoms with Gasteiger partial charge < -0.3 is 10.6 Å². The van der Waals surface area contributed by atoms with Gasteiger partial charge in [0, 0.05) is 12.1 Å². The fraction of sp³-hybridized carbons (Fsp3) is 0.385. The van der Waals surface area contributed by atoms with Gasteiger partial charge >= 0.3 is 0 Å². The van der Waals surface area contributed by atoms with E-state index in [2.05, 4.69) is 0 Å². The molecule has 1 aliphatic rings. The van der Waals surface area contributed by atoms with Crippen LogP contribution in [-0.2, 0) is 4.79 Å². The zero-order valence-corrected chi connectivity index (χ0v) is 9.93. The van der Waals surface area contributed by atoms with Crippen molar-refractivity contribution in [3.05, 3.63) is 35.6 Å². The second kappa shape index (κ2) is 5.16. The SMILES string of the molecule is NC(=O)C1CCCCN1C(=O)c1ccc(F)cc1. The molecule has 1 aliphatic heterocycles. The number of hydrogen-bond acceptors (Lipinski definition) is 2. The van der Waals surface area contributed by atoms with Crippen LogP contribution in [0, 0.1) is 5.82 Å². The first-order chi connectivity index (χ1) is 8.59. The summed E-state index contributed by atoms with van der Waals surface area (Å²) in [6.07, 6.45) is 2.35. The molecule has 2 N–H and O–H groups in total. The van der Waals surface area contributed by atoms with E-state index in [1.807, 2.05) is 0 Å². The molecule has 0 bridgehead atoms. The summed E-state index contributed by atoms with van der Waals surface area (Å²) in [6, 6.07) is 4.76. The number of piperidine rings is 1. The predicted octanol–water partition coefficient (Wildman–Crippen LogP) is 1.31. The van der Waals surface area contributed by atoms with E-state index in [0.717, 1.165) is 12.8 Å². The van der Waals surface area contributed by atoms with Crippen molar-refractivity contribution < 1.29 is 14.0 Å². The normalized spacial score (nSPS) is 19.6. The Balaban J connectivity index is 2.20. The highest BCUT2D eigenvalue weighted by atomic mass is 19.1. The molecule has 1 fully saturated rings. The largest absolute Gasteiger partial charge is 0.368 e. The molecule has 1 atom stereocenters. The summed E-state index contributed by atoms with van der Waals surface area (Å²) < 4.78 is 12.8. The number of nitrogens with two attached hydrogens (primary N) is 1. The Bertz CT molecular complexity index is 459. The van der Waals surface area contributed by atoms with Crippen LogP contribution in [0.25, 0.3) is 0 Å². The standard InChI is InChI=1S/C13H15FN2O2/c14-10-6-4-9(5-7-10)13(18)16-8-2-1-3-11(16)12(15)17/h4-7,11H,1-3,8H2,(H2,15,17). The van der Waals surface area contributed by atoms with Crippen molar-refractivity contribution in [3.63, 3.8) is 0 Å². The molecule has 1 heterocycles. The molecule has 4 nitrogen and oxygen atoms in total. The van der Waals surface area contributed by atoms with Crippen LogP contribution < -0.4 is 5.73 Å². The van der Waals surface area contributed by atoms with E-state index in [0.29, 0.717) is 18.5 Å². The molecule has 1 unspecified atom stereocenters. The second-order valence-electron chi connectivity index (χ2n) is 4.42. The Morgan fingerprint density at radius 2 is 1.89 bits per heavy atom. The Labute approximate surface area is 105 Å². The molecule has 0 spiro atoms. The molecule has 2 amide bonds. The average Bonchev–Trinajstić information content (AvgIpc) is 2.39. The summed E-state index contributed by atoms with van der Waals surface area (Å²) in [5.41, 5.74) is 5.68. The minimum Gasteiger partial charge on any atom is -0.368 e. The summed E-state index contributed by atoms with van der Waals surface area (Å²) in [4.78, 5) is 25.0. The molecule has 0 saturated carbocycles. The summed E-state index contributed by atoms with van der Waals surface area (Å²) in [5.74, 6) is -1.14. The van der Waals surface area contributed by atoms with Gasteiger partial charge in [0.1, 0.15) is 11.9 Å². The minimum atomic E-state index is -0.545. The summed E-state index contributed by atoms with van der Waals surface area (Å²) >= 11 is 0. The number of likely N-dealkylation sites (tertiary alicyclic amines) is 1. The average molecular weight is 250 g/mol. The first kappa shape index (κ1) is 12.5. The molecule has 5 heteroatoms. The van der Waals surface area contributed by atoms with Crippen LogP contribution in [0.3, 0.4) is 0 Å². The van der Waals surface area contributed by atoms with Crippen LogP contribution in [-0.4, -0.2) is 29.3 Å². The number of carbonyl (C=O) groups is 2. The Morgan fingerprint density at radius 1 is 1.22 bits per heavy atom. The van der Waals surface area contributed by atoms with Crippen molar-refractivity contribution >= 4 is 11.8 Å². The molecular formula is C13H15FN2O2. The van der Waals surface area contributed by atoms with E-state index in [-0.39, 0.29) is 5.91 Å². The van der Waals surface area contributed by atoms with Crippen molar-refractivity contribution in [1.82, 2.24) is 4.90 Å². The van der Waals surface area contributed by atoms with Crippen LogP contribution in [0.5, 0.6) is 0 Å². The van der Waals surface area contributed by atoms with E-state index < -0.39 is 17.8 Å². The Morgan fingerprint density at radius 3 is 2.50 bits per heavy atom. The molecule has 0 aromatic heterocycles. The third-order valence-corrected chi connectivity index (χ3v) is 3.18. The molecule has 2 rings (SSSR count). The number of amides is 2. The van der Waals surface area contributed by atoms with Gasteiger partial charge in [-0.25, -0.2) is 4.39 Å². The molecule has 1 aromatic carbocycles. The monoisotopic (exact) mass is 250 g/mol. The topological polar surface area (TPSA) is 63.4 Å². The van der Waals surface area contributed by atoms with Gasteiger partial charge in [-0.2, -0.15) is 0 Å². The number of halogens is 1. The summed E-state index contributed by atoms with van der Waals surface area (Å²) in [5, 5.41) is 0. The molecule has 18 heavy (non-hydrogen) atoms. The van der Waals surface area contributed by atoms with Crippen LogP contribution in [0.1, 0.15) is 29.6 Å². The minimum absolute atomic E-state index is 0.265. The van der Waals surface area contributed by atoms with Crippen LogP contribution >= 0.6 is 0 Å². The van der Waals surface area contributed by atoms with E-state index in [1.165, 1.54) is 29.2 Å². The third kappa shape index (κ3) is 2.50. The van der Waals surface area contributed by atoms with E-state index in [1.54, 1.807) is 0 Å². The number of hydrogen-bond donors (Lipinski definition) is 1. The van der Waals surface area contributed by atoms with Crippen LogP contribution in [0.4, 0.5) is 4.39 Å². The van der Waals surface area contributed by atoms with Crippen LogP contribution in [0.15, 0.2) is 24.3 Å². The molecule has 96 valence electrons. The highest BCUT2D eigenvalue weighted by Crippen LogP contribution is 2.19. The zero-order chi connectivity index (χ0) is 13.1. The van der Waals surface area contributed by atoms with Crippen molar-refractivity contribution in [3.8, 4) is 0 Å². The lowest BCUT2D eigenvalue weighted by Crippen LogP contribution is -2.50. The van der Waals surface area contributed by atoms with Gasteiger partial charge in [0.25, 0.3) is 5.91 Å². The molecule has 0 radical (unpaired) electrons. The van der Waals surface area contributed by atoms with Crippen LogP contribution in [0.2, 0.25) is 0 Å². The van der Waals surface area contributed by atoms with Gasteiger partial charge in [0.15, 0.2) is 0 Å². The van der Waals surface area contributed by atoms with Crippen molar-refractivity contribution in [2.45, 2.75) is 25.3 Å². The predicted molar refractivity (Wildman–Crippen MR) is 64.3 cm³/mol. The second-order valence-corrected chi connectivity index (χ2v) is 4.42. The number of nitrogens with zero attached hydrogens (tertiary/aromatic N) is 1. The zero-order valence-electron chi connectivity index (χ0n) is 9.93. The Hall–Kier alpha value is -1.91. The highest BCUT2D eigenvalue weighted by Gasteiger charge is 2.30. The maximum atomic E-state index is 12.8. The smallest absolute Gasteiger partial charge is 0.254 e. The van der Waals surface area contributed by atoms with E-state index >= 15 is 0 Å². The first-order valence-corrected chi connectivity index (χ1v) is 5.95. The van der Waals surface area contributed by atoms with Gasteiger partial charge in [0.2, 0.25) is 5.91 Å². The molecule has 1 saturated heterocycles. The van der Waals surface area contributed by atoms with Gasteiger partial charge in [-0.05, 0) is 43.5 Å². The number of benzene rings is 1. The van der Waals surface area contributed by atoms with Gasteiger partial charge in [-0.3, -0.25) is 9.59 Å². The maximum Gasteiger partial charge on any atom is 0.254 e. The lowest BCUT2D eigenvalue weighted by molar-refractivity contribution is -0.123. The highest BCUT2D eigenvalue weighted by molar-refractivity contribution is 5.97. The van der Waals surface area contributed by atoms with Gasteiger partial charge in [0.05, 0.1) is 0 Å². The lowest BCUT2D eigenvalue weighted by atomic mass is 10.0. The van der Waals surface area contributed by atoms with Crippen molar-refractivity contribution in [2.75, 3.05) is 6.54 Å². The van der Waals surface area contributed by atoms with Crippen molar-refractivity contribution in [2.24, 2.45) is 5.73 Å². The number of rotatable bonds is 2. The molecule has 1 aromatic rings. The number of carbonyl (C=O) groups excluding carboxylic acids is 2. The fourth-order valence-corrected chi connectivity index (χ4v) is 2.23. The summed E-state index contributed by atoms with van der Waals surface area (Å²) in [7, 11) is 0. The van der Waals surface area contributed by atoms with Gasteiger partial charge in [-0.15, -0.1) is 0 Å². The molecule has 0 aliphatic carbocycles. The van der Waals surface area contributed by atoms with E-state index in [9.17, 15) is 14.0 Å². The molecular weight excluding hydrogens is 235 g/mol. The maximum absolute atomic E-state index is 12.8. The van der Waals surface area contributed by atoms with Crippen molar-refractivity contribution in [1.29, 1.82) is 0 Å². The number of primary amides is 1. The first-order valence-electron chi connectivity index (χ1n) is 5.95. The quantitative estimate of drug-likeness (QED) is 0.860. The van der Waals surface area contributed by atoms with Gasteiger partial charge in [-0.1, -0.05) is 0 Å².